The molecule has 4 heteroatoms. The molecule has 0 bridgehead atoms. The molecule has 1 fully saturated rings. The molecular weight excluding hydrogens is 216 g/mol. The minimum atomic E-state index is 0.114. The summed E-state index contributed by atoms with van der Waals surface area (Å²) in [5.74, 6) is 0.713. The fourth-order valence-electron chi connectivity index (χ4n) is 2.26. The molecule has 100 valence electrons. The average molecular weight is 242 g/mol. The molecule has 17 heavy (non-hydrogen) atoms. The first kappa shape index (κ1) is 14.5. The zero-order valence-corrected chi connectivity index (χ0v) is 11.2. The van der Waals surface area contributed by atoms with Crippen molar-refractivity contribution >= 4 is 5.91 Å². The van der Waals surface area contributed by atoms with Crippen LogP contribution in [0.3, 0.4) is 0 Å². The standard InChI is InChI=1S/C13H26N2O2/c1-9(2)12(8-17-3)15-13(16)10-4-6-11(14)7-5-10/h9-12H,4-8,14H2,1-3H3,(H,15,16). The van der Waals surface area contributed by atoms with Crippen LogP contribution in [0, 0.1) is 11.8 Å². The third-order valence-corrected chi connectivity index (χ3v) is 3.62. The van der Waals surface area contributed by atoms with E-state index in [-0.39, 0.29) is 17.9 Å². The molecule has 0 aromatic heterocycles. The average Bonchev–Trinajstić information content (AvgIpc) is 2.29. The van der Waals surface area contributed by atoms with E-state index in [1.807, 2.05) is 0 Å². The monoisotopic (exact) mass is 242 g/mol. The number of hydrogen-bond acceptors (Lipinski definition) is 3. The van der Waals surface area contributed by atoms with Crippen LogP contribution < -0.4 is 11.1 Å². The number of nitrogens with two attached hydrogens (primary N) is 1. The molecule has 0 saturated heterocycles. The van der Waals surface area contributed by atoms with Crippen LogP contribution in [0.1, 0.15) is 39.5 Å². The van der Waals surface area contributed by atoms with Gasteiger partial charge in [0.25, 0.3) is 0 Å². The van der Waals surface area contributed by atoms with Crippen LogP contribution in [-0.2, 0) is 9.53 Å². The molecule has 1 aliphatic rings. The van der Waals surface area contributed by atoms with E-state index in [1.54, 1.807) is 7.11 Å². The summed E-state index contributed by atoms with van der Waals surface area (Å²) in [5, 5.41) is 3.10. The van der Waals surface area contributed by atoms with Gasteiger partial charge in [-0.25, -0.2) is 0 Å². The molecule has 1 atom stereocenters. The molecule has 4 nitrogen and oxygen atoms in total. The normalized spacial score (nSPS) is 26.9. The van der Waals surface area contributed by atoms with E-state index in [4.69, 9.17) is 10.5 Å². The van der Waals surface area contributed by atoms with Crippen molar-refractivity contribution in [2.75, 3.05) is 13.7 Å². The molecular formula is C13H26N2O2. The van der Waals surface area contributed by atoms with E-state index >= 15 is 0 Å². The van der Waals surface area contributed by atoms with Crippen molar-refractivity contribution in [1.29, 1.82) is 0 Å². The summed E-state index contributed by atoms with van der Waals surface area (Å²) in [6, 6.07) is 0.405. The highest BCUT2D eigenvalue weighted by atomic mass is 16.5. The lowest BCUT2D eigenvalue weighted by atomic mass is 9.85. The number of amides is 1. The highest BCUT2D eigenvalue weighted by molar-refractivity contribution is 5.79. The van der Waals surface area contributed by atoms with Crippen LogP contribution in [-0.4, -0.2) is 31.7 Å². The van der Waals surface area contributed by atoms with Gasteiger partial charge in [0, 0.05) is 19.1 Å². The lowest BCUT2D eigenvalue weighted by Crippen LogP contribution is -2.45. The van der Waals surface area contributed by atoms with E-state index < -0.39 is 0 Å². The molecule has 0 aromatic rings. The summed E-state index contributed by atoms with van der Waals surface area (Å²) in [5.41, 5.74) is 5.84. The lowest BCUT2D eigenvalue weighted by Gasteiger charge is -2.28. The number of hydrogen-bond donors (Lipinski definition) is 2. The number of carbonyl (C=O) groups is 1. The Hall–Kier alpha value is -0.610. The molecule has 0 radical (unpaired) electrons. The predicted molar refractivity (Wildman–Crippen MR) is 68.6 cm³/mol. The van der Waals surface area contributed by atoms with E-state index in [1.165, 1.54) is 0 Å². The van der Waals surface area contributed by atoms with Crippen molar-refractivity contribution in [1.82, 2.24) is 5.32 Å². The van der Waals surface area contributed by atoms with Crippen LogP contribution in [0.5, 0.6) is 0 Å². The van der Waals surface area contributed by atoms with Crippen molar-refractivity contribution in [2.24, 2.45) is 17.6 Å². The highest BCUT2D eigenvalue weighted by Crippen LogP contribution is 2.23. The Bertz CT molecular complexity index is 236. The van der Waals surface area contributed by atoms with Gasteiger partial charge in [-0.1, -0.05) is 13.8 Å². The maximum absolute atomic E-state index is 12.1. The fraction of sp³-hybridized carbons (Fsp3) is 0.923. The molecule has 1 rings (SSSR count). The fourth-order valence-corrected chi connectivity index (χ4v) is 2.26. The molecule has 1 amide bonds. The first-order valence-electron chi connectivity index (χ1n) is 6.59. The quantitative estimate of drug-likeness (QED) is 0.763. The molecule has 3 N–H and O–H groups in total. The van der Waals surface area contributed by atoms with Gasteiger partial charge in [-0.15, -0.1) is 0 Å². The summed E-state index contributed by atoms with van der Waals surface area (Å²) < 4.78 is 5.14. The van der Waals surface area contributed by atoms with Gasteiger partial charge in [0.1, 0.15) is 0 Å². The molecule has 0 aliphatic heterocycles. The molecule has 1 aliphatic carbocycles. The molecule has 0 heterocycles. The van der Waals surface area contributed by atoms with Gasteiger partial charge in [0.15, 0.2) is 0 Å². The predicted octanol–water partition coefficient (Wildman–Crippen LogP) is 1.29. The second-order valence-electron chi connectivity index (χ2n) is 5.43. The lowest BCUT2D eigenvalue weighted by molar-refractivity contribution is -0.127. The van der Waals surface area contributed by atoms with Gasteiger partial charge >= 0.3 is 0 Å². The zero-order chi connectivity index (χ0) is 12.8. The smallest absolute Gasteiger partial charge is 0.223 e. The van der Waals surface area contributed by atoms with Gasteiger partial charge in [-0.3, -0.25) is 4.79 Å². The minimum Gasteiger partial charge on any atom is -0.383 e. The van der Waals surface area contributed by atoms with Crippen molar-refractivity contribution in [2.45, 2.75) is 51.6 Å². The second kappa shape index (κ2) is 6.97. The van der Waals surface area contributed by atoms with Crippen molar-refractivity contribution in [3.05, 3.63) is 0 Å². The number of methoxy groups -OCH3 is 1. The maximum atomic E-state index is 12.1. The van der Waals surface area contributed by atoms with Crippen molar-refractivity contribution in [3.8, 4) is 0 Å². The van der Waals surface area contributed by atoms with Crippen LogP contribution in [0.25, 0.3) is 0 Å². The Morgan fingerprint density at radius 3 is 2.41 bits per heavy atom. The Kier molecular flexibility index (Phi) is 5.92. The van der Waals surface area contributed by atoms with E-state index in [2.05, 4.69) is 19.2 Å². The molecule has 1 unspecified atom stereocenters. The number of nitrogens with one attached hydrogen (secondary N) is 1. The van der Waals surface area contributed by atoms with Crippen LogP contribution in [0.4, 0.5) is 0 Å². The summed E-state index contributed by atoms with van der Waals surface area (Å²) >= 11 is 0. The Balaban J connectivity index is 2.41. The third kappa shape index (κ3) is 4.64. The summed E-state index contributed by atoms with van der Waals surface area (Å²) in [7, 11) is 1.67. The van der Waals surface area contributed by atoms with E-state index in [0.717, 1.165) is 25.7 Å². The highest BCUT2D eigenvalue weighted by Gasteiger charge is 2.26. The molecule has 0 aromatic carbocycles. The van der Waals surface area contributed by atoms with Crippen molar-refractivity contribution in [3.63, 3.8) is 0 Å². The maximum Gasteiger partial charge on any atom is 0.223 e. The van der Waals surface area contributed by atoms with Crippen molar-refractivity contribution < 1.29 is 9.53 Å². The Morgan fingerprint density at radius 1 is 1.35 bits per heavy atom. The van der Waals surface area contributed by atoms with E-state index in [0.29, 0.717) is 18.6 Å². The topological polar surface area (TPSA) is 64.3 Å². The summed E-state index contributed by atoms with van der Waals surface area (Å²) in [6.07, 6.45) is 3.78. The zero-order valence-electron chi connectivity index (χ0n) is 11.2. The second-order valence-corrected chi connectivity index (χ2v) is 5.43. The van der Waals surface area contributed by atoms with Gasteiger partial charge in [-0.05, 0) is 31.6 Å². The van der Waals surface area contributed by atoms with Crippen LogP contribution >= 0.6 is 0 Å². The Morgan fingerprint density at radius 2 is 1.94 bits per heavy atom. The first-order valence-corrected chi connectivity index (χ1v) is 6.59. The van der Waals surface area contributed by atoms with Gasteiger partial charge < -0.3 is 15.8 Å². The minimum absolute atomic E-state index is 0.114. The SMILES string of the molecule is COCC(NC(=O)C1CCC(N)CC1)C(C)C. The third-order valence-electron chi connectivity index (χ3n) is 3.62. The molecule has 1 saturated carbocycles. The van der Waals surface area contributed by atoms with Gasteiger partial charge in [0.05, 0.1) is 12.6 Å². The van der Waals surface area contributed by atoms with Crippen LogP contribution in [0.2, 0.25) is 0 Å². The van der Waals surface area contributed by atoms with Gasteiger partial charge in [-0.2, -0.15) is 0 Å². The molecule has 0 spiro atoms. The Labute approximate surface area is 104 Å². The number of carbonyl (C=O) groups excluding carboxylic acids is 1. The summed E-state index contributed by atoms with van der Waals surface area (Å²) in [4.78, 5) is 12.1. The number of ether oxygens (including phenoxy) is 1. The summed E-state index contributed by atoms with van der Waals surface area (Å²) in [6.45, 7) is 4.77. The first-order chi connectivity index (χ1) is 8.04. The number of rotatable bonds is 5. The van der Waals surface area contributed by atoms with E-state index in [9.17, 15) is 4.79 Å². The largest absolute Gasteiger partial charge is 0.383 e. The van der Waals surface area contributed by atoms with Gasteiger partial charge in [0.2, 0.25) is 5.91 Å². The van der Waals surface area contributed by atoms with Crippen LogP contribution in [0.15, 0.2) is 0 Å².